The third kappa shape index (κ3) is 4.86. The predicted octanol–water partition coefficient (Wildman–Crippen LogP) is 3.49. The molecule has 1 N–H and O–H groups in total. The van der Waals surface area contributed by atoms with E-state index in [9.17, 15) is 4.79 Å². The molecule has 1 fully saturated rings. The minimum atomic E-state index is -0.0149. The van der Waals surface area contributed by atoms with Crippen LogP contribution in [0.1, 0.15) is 52.4 Å². The van der Waals surface area contributed by atoms with Crippen LogP contribution in [0.25, 0.3) is 0 Å². The number of hydrogen-bond acceptors (Lipinski definition) is 1. The summed E-state index contributed by atoms with van der Waals surface area (Å²) in [5.41, 5.74) is 0. The molecule has 0 aromatic carbocycles. The number of nitrogens with one attached hydrogen (secondary N) is 1. The quantitative estimate of drug-likeness (QED) is 0.772. The van der Waals surface area contributed by atoms with E-state index in [0.717, 1.165) is 31.2 Å². The van der Waals surface area contributed by atoms with Crippen molar-refractivity contribution in [3.05, 3.63) is 0 Å². The average molecular weight is 290 g/mol. The topological polar surface area (TPSA) is 29.1 Å². The van der Waals surface area contributed by atoms with Crippen molar-refractivity contribution in [2.24, 2.45) is 11.8 Å². The maximum absolute atomic E-state index is 11.5. The molecule has 0 heterocycles. The van der Waals surface area contributed by atoms with Gasteiger partial charge >= 0.3 is 0 Å². The molecule has 1 aliphatic rings. The summed E-state index contributed by atoms with van der Waals surface area (Å²) in [6.45, 7) is 5.20. The summed E-state index contributed by atoms with van der Waals surface area (Å²) in [4.78, 5) is 11.5. The molecule has 94 valence electrons. The molecule has 3 heteroatoms. The van der Waals surface area contributed by atoms with E-state index in [2.05, 4.69) is 28.2 Å². The summed E-state index contributed by atoms with van der Waals surface area (Å²) in [5, 5.41) is 3.01. The fourth-order valence-electron chi connectivity index (χ4n) is 2.31. The van der Waals surface area contributed by atoms with E-state index in [1.54, 1.807) is 0 Å². The van der Waals surface area contributed by atoms with Gasteiger partial charge in [0.25, 0.3) is 0 Å². The van der Waals surface area contributed by atoms with E-state index in [0.29, 0.717) is 0 Å². The first-order valence-electron chi connectivity index (χ1n) is 6.55. The molecule has 1 amide bonds. The predicted molar refractivity (Wildman–Crippen MR) is 71.8 cm³/mol. The zero-order chi connectivity index (χ0) is 12.0. The zero-order valence-corrected chi connectivity index (χ0v) is 12.1. The molecule has 2 nitrogen and oxygen atoms in total. The molecule has 1 aliphatic carbocycles. The van der Waals surface area contributed by atoms with Gasteiger partial charge in [0, 0.05) is 6.54 Å². The molecule has 0 radical (unpaired) electrons. The average Bonchev–Trinajstić information content (AvgIpc) is 2.30. The molecule has 16 heavy (non-hydrogen) atoms. The maximum atomic E-state index is 11.5. The van der Waals surface area contributed by atoms with Crippen molar-refractivity contribution >= 4 is 21.8 Å². The van der Waals surface area contributed by atoms with Gasteiger partial charge in [-0.25, -0.2) is 0 Å². The zero-order valence-electron chi connectivity index (χ0n) is 10.5. The van der Waals surface area contributed by atoms with Crippen LogP contribution < -0.4 is 5.32 Å². The number of halogens is 1. The fraction of sp³-hybridized carbons (Fsp3) is 0.923. The largest absolute Gasteiger partial charge is 0.355 e. The summed E-state index contributed by atoms with van der Waals surface area (Å²) in [7, 11) is 0. The van der Waals surface area contributed by atoms with Crippen molar-refractivity contribution in [3.8, 4) is 0 Å². The Bertz CT molecular complexity index is 212. The molecular weight excluding hydrogens is 266 g/mol. The van der Waals surface area contributed by atoms with Crippen LogP contribution >= 0.6 is 15.9 Å². The standard InChI is InChI=1S/C13H24BrNO/c1-3-12(14)13(16)15-9-8-11-6-4-10(2)5-7-11/h10-12H,3-9H2,1-2H3,(H,15,16). The first kappa shape index (κ1) is 14.0. The summed E-state index contributed by atoms with van der Waals surface area (Å²) >= 11 is 3.36. The van der Waals surface area contributed by atoms with E-state index < -0.39 is 0 Å². The lowest BCUT2D eigenvalue weighted by molar-refractivity contribution is -0.120. The second kappa shape index (κ2) is 7.31. The van der Waals surface area contributed by atoms with Gasteiger partial charge in [-0.3, -0.25) is 4.79 Å². The van der Waals surface area contributed by atoms with Gasteiger partial charge in [0.15, 0.2) is 0 Å². The second-order valence-corrected chi connectivity index (χ2v) is 6.19. The van der Waals surface area contributed by atoms with Gasteiger partial charge in [-0.15, -0.1) is 0 Å². The summed E-state index contributed by atoms with van der Waals surface area (Å²) in [5.74, 6) is 1.90. The normalized spacial score (nSPS) is 27.4. The molecule has 0 aliphatic heterocycles. The number of carbonyl (C=O) groups excluding carboxylic acids is 1. The molecule has 0 saturated heterocycles. The Hall–Kier alpha value is -0.0500. The van der Waals surface area contributed by atoms with Crippen LogP contribution in [-0.2, 0) is 4.79 Å². The molecule has 1 atom stereocenters. The summed E-state index contributed by atoms with van der Waals surface area (Å²) < 4.78 is 0. The summed E-state index contributed by atoms with van der Waals surface area (Å²) in [6.07, 6.45) is 7.45. The van der Waals surface area contributed by atoms with Crippen molar-refractivity contribution in [1.82, 2.24) is 5.32 Å². The molecule has 0 aromatic heterocycles. The van der Waals surface area contributed by atoms with E-state index >= 15 is 0 Å². The van der Waals surface area contributed by atoms with Gasteiger partial charge < -0.3 is 5.32 Å². The van der Waals surface area contributed by atoms with Crippen LogP contribution in [0, 0.1) is 11.8 Å². The lowest BCUT2D eigenvalue weighted by Crippen LogP contribution is -2.32. The van der Waals surface area contributed by atoms with E-state index in [4.69, 9.17) is 0 Å². The van der Waals surface area contributed by atoms with Gasteiger partial charge in [0.1, 0.15) is 0 Å². The highest BCUT2D eigenvalue weighted by molar-refractivity contribution is 9.10. The Morgan fingerprint density at radius 3 is 2.56 bits per heavy atom. The molecule has 1 saturated carbocycles. The minimum absolute atomic E-state index is 0.0149. The van der Waals surface area contributed by atoms with Gasteiger partial charge in [-0.05, 0) is 24.7 Å². The highest BCUT2D eigenvalue weighted by atomic mass is 79.9. The third-order valence-electron chi connectivity index (χ3n) is 3.63. The number of rotatable bonds is 5. The Labute approximate surface area is 108 Å². The SMILES string of the molecule is CCC(Br)C(=O)NCCC1CCC(C)CC1. The third-order valence-corrected chi connectivity index (χ3v) is 4.69. The highest BCUT2D eigenvalue weighted by Crippen LogP contribution is 2.29. The fourth-order valence-corrected chi connectivity index (χ4v) is 2.48. The van der Waals surface area contributed by atoms with Crippen molar-refractivity contribution in [3.63, 3.8) is 0 Å². The molecule has 1 unspecified atom stereocenters. The molecule has 0 aromatic rings. The van der Waals surface area contributed by atoms with Crippen molar-refractivity contribution in [2.45, 2.75) is 57.2 Å². The van der Waals surface area contributed by atoms with Crippen molar-refractivity contribution in [2.75, 3.05) is 6.54 Å². The van der Waals surface area contributed by atoms with Crippen LogP contribution in [0.15, 0.2) is 0 Å². The molecule has 0 bridgehead atoms. The monoisotopic (exact) mass is 289 g/mol. The molecular formula is C13H24BrNO. The number of carbonyl (C=O) groups is 1. The molecule has 1 rings (SSSR count). The van der Waals surface area contributed by atoms with Crippen molar-refractivity contribution < 1.29 is 4.79 Å². The van der Waals surface area contributed by atoms with Gasteiger partial charge in [-0.2, -0.15) is 0 Å². The van der Waals surface area contributed by atoms with Crippen LogP contribution in [-0.4, -0.2) is 17.3 Å². The Balaban J connectivity index is 2.09. The molecule has 0 spiro atoms. The Morgan fingerprint density at radius 1 is 1.38 bits per heavy atom. The van der Waals surface area contributed by atoms with E-state index in [1.165, 1.54) is 25.7 Å². The minimum Gasteiger partial charge on any atom is -0.355 e. The maximum Gasteiger partial charge on any atom is 0.233 e. The van der Waals surface area contributed by atoms with Crippen LogP contribution in [0.2, 0.25) is 0 Å². The number of hydrogen-bond donors (Lipinski definition) is 1. The highest BCUT2D eigenvalue weighted by Gasteiger charge is 2.18. The van der Waals surface area contributed by atoms with E-state index in [1.807, 2.05) is 6.92 Å². The lowest BCUT2D eigenvalue weighted by atomic mass is 9.81. The lowest BCUT2D eigenvalue weighted by Gasteiger charge is -2.26. The second-order valence-electron chi connectivity index (χ2n) is 5.08. The first-order chi connectivity index (χ1) is 7.63. The first-order valence-corrected chi connectivity index (χ1v) is 7.46. The van der Waals surface area contributed by atoms with E-state index in [-0.39, 0.29) is 10.7 Å². The van der Waals surface area contributed by atoms with Gasteiger partial charge in [-0.1, -0.05) is 55.5 Å². The Morgan fingerprint density at radius 2 is 2.00 bits per heavy atom. The van der Waals surface area contributed by atoms with Gasteiger partial charge in [0.05, 0.1) is 4.83 Å². The van der Waals surface area contributed by atoms with Crippen LogP contribution in [0.3, 0.4) is 0 Å². The summed E-state index contributed by atoms with van der Waals surface area (Å²) in [6, 6.07) is 0. The Kier molecular flexibility index (Phi) is 6.40. The number of amides is 1. The van der Waals surface area contributed by atoms with Gasteiger partial charge in [0.2, 0.25) is 5.91 Å². The van der Waals surface area contributed by atoms with Crippen LogP contribution in [0.5, 0.6) is 0 Å². The smallest absolute Gasteiger partial charge is 0.233 e. The van der Waals surface area contributed by atoms with Crippen molar-refractivity contribution in [1.29, 1.82) is 0 Å². The van der Waals surface area contributed by atoms with Crippen LogP contribution in [0.4, 0.5) is 0 Å². The number of alkyl halides is 1.